The van der Waals surface area contributed by atoms with E-state index in [-0.39, 0.29) is 6.54 Å². The molecule has 5 heteroatoms. The summed E-state index contributed by atoms with van der Waals surface area (Å²) in [7, 11) is 1.69. The third-order valence-corrected chi connectivity index (χ3v) is 3.11. The average molecular weight is 270 g/mol. The van der Waals surface area contributed by atoms with E-state index in [0.717, 1.165) is 8.66 Å². The van der Waals surface area contributed by atoms with Gasteiger partial charge in [0.25, 0.3) is 6.43 Å². The molecule has 1 nitrogen and oxygen atoms in total. The van der Waals surface area contributed by atoms with Crippen molar-refractivity contribution < 1.29 is 8.78 Å². The molecule has 0 spiro atoms. The fourth-order valence-electron chi connectivity index (χ4n) is 1.00. The molecular formula is C8H10BrF2NS. The molecule has 1 aromatic rings. The van der Waals surface area contributed by atoms with Crippen LogP contribution in [0.2, 0.25) is 0 Å². The van der Waals surface area contributed by atoms with Gasteiger partial charge in [0.15, 0.2) is 0 Å². The summed E-state index contributed by atoms with van der Waals surface area (Å²) in [6.07, 6.45) is -2.26. The zero-order chi connectivity index (χ0) is 9.84. The van der Waals surface area contributed by atoms with Gasteiger partial charge in [0.05, 0.1) is 10.3 Å². The summed E-state index contributed by atoms with van der Waals surface area (Å²) in [6, 6.07) is 3.87. The van der Waals surface area contributed by atoms with Crippen LogP contribution in [-0.4, -0.2) is 24.9 Å². The van der Waals surface area contributed by atoms with E-state index in [2.05, 4.69) is 15.9 Å². The van der Waals surface area contributed by atoms with Gasteiger partial charge in [0.1, 0.15) is 0 Å². The summed E-state index contributed by atoms with van der Waals surface area (Å²) in [5.74, 6) is 0. The molecule has 0 aliphatic carbocycles. The van der Waals surface area contributed by atoms with Crippen LogP contribution >= 0.6 is 27.3 Å². The van der Waals surface area contributed by atoms with Gasteiger partial charge in [-0.1, -0.05) is 0 Å². The Balaban J connectivity index is 2.40. The van der Waals surface area contributed by atoms with Gasteiger partial charge in [-0.3, -0.25) is 4.90 Å². The Bertz CT molecular complexity index is 264. The number of nitrogens with zero attached hydrogens (tertiary/aromatic N) is 1. The molecule has 0 bridgehead atoms. The number of halogens is 3. The summed E-state index contributed by atoms with van der Waals surface area (Å²) >= 11 is 4.90. The zero-order valence-corrected chi connectivity index (χ0v) is 9.54. The monoisotopic (exact) mass is 269 g/mol. The van der Waals surface area contributed by atoms with Crippen molar-refractivity contribution in [1.29, 1.82) is 0 Å². The summed E-state index contributed by atoms with van der Waals surface area (Å²) in [5.41, 5.74) is 0. The maximum absolute atomic E-state index is 11.9. The molecule has 0 amide bonds. The maximum atomic E-state index is 11.9. The normalized spacial score (nSPS) is 11.5. The Morgan fingerprint density at radius 1 is 1.54 bits per heavy atom. The smallest absolute Gasteiger partial charge is 0.251 e. The van der Waals surface area contributed by atoms with Crippen LogP contribution in [0.3, 0.4) is 0 Å². The third-order valence-electron chi connectivity index (χ3n) is 1.50. The van der Waals surface area contributed by atoms with Gasteiger partial charge in [-0.15, -0.1) is 11.3 Å². The van der Waals surface area contributed by atoms with Crippen molar-refractivity contribution in [3.63, 3.8) is 0 Å². The highest BCUT2D eigenvalue weighted by Crippen LogP contribution is 2.22. The van der Waals surface area contributed by atoms with Gasteiger partial charge in [-0.25, -0.2) is 8.78 Å². The summed E-state index contributed by atoms with van der Waals surface area (Å²) in [4.78, 5) is 2.71. The first-order chi connectivity index (χ1) is 6.08. The van der Waals surface area contributed by atoms with E-state index in [1.165, 1.54) is 0 Å². The van der Waals surface area contributed by atoms with Crippen LogP contribution in [0, 0.1) is 0 Å². The lowest BCUT2D eigenvalue weighted by Crippen LogP contribution is -2.23. The minimum atomic E-state index is -2.26. The number of thiophene rings is 1. The standard InChI is InChI=1S/C8H10BrF2NS/c1-12(5-8(10)11)4-6-2-3-7(9)13-6/h2-3,8H,4-5H2,1H3. The number of hydrogen-bond acceptors (Lipinski definition) is 2. The van der Waals surface area contributed by atoms with Crippen molar-refractivity contribution >= 4 is 27.3 Å². The summed E-state index contributed by atoms with van der Waals surface area (Å²) < 4.78 is 24.9. The molecular weight excluding hydrogens is 260 g/mol. The van der Waals surface area contributed by atoms with Crippen molar-refractivity contribution in [1.82, 2.24) is 4.90 Å². The molecule has 0 saturated carbocycles. The minimum Gasteiger partial charge on any atom is -0.296 e. The Labute approximate surface area is 88.5 Å². The number of alkyl halides is 2. The molecule has 0 fully saturated rings. The molecule has 0 radical (unpaired) electrons. The lowest BCUT2D eigenvalue weighted by molar-refractivity contribution is 0.0979. The van der Waals surface area contributed by atoms with Gasteiger partial charge in [0.2, 0.25) is 0 Å². The highest BCUT2D eigenvalue weighted by Gasteiger charge is 2.08. The number of rotatable bonds is 4. The fraction of sp³-hybridized carbons (Fsp3) is 0.500. The van der Waals surface area contributed by atoms with E-state index < -0.39 is 6.43 Å². The van der Waals surface area contributed by atoms with E-state index >= 15 is 0 Å². The Morgan fingerprint density at radius 3 is 2.69 bits per heavy atom. The van der Waals surface area contributed by atoms with Gasteiger partial charge in [0, 0.05) is 11.4 Å². The highest BCUT2D eigenvalue weighted by molar-refractivity contribution is 9.11. The van der Waals surface area contributed by atoms with Gasteiger partial charge in [-0.2, -0.15) is 0 Å². The Hall–Kier alpha value is -0.0000000000000000833. The van der Waals surface area contributed by atoms with Gasteiger partial charge in [-0.05, 0) is 35.1 Å². The van der Waals surface area contributed by atoms with Crippen LogP contribution in [0.15, 0.2) is 15.9 Å². The van der Waals surface area contributed by atoms with Crippen LogP contribution < -0.4 is 0 Å². The van der Waals surface area contributed by atoms with Crippen LogP contribution in [0.5, 0.6) is 0 Å². The van der Waals surface area contributed by atoms with E-state index in [0.29, 0.717) is 6.54 Å². The van der Waals surface area contributed by atoms with Crippen molar-refractivity contribution in [2.75, 3.05) is 13.6 Å². The summed E-state index contributed by atoms with van der Waals surface area (Å²) in [6.45, 7) is 0.413. The predicted octanol–water partition coefficient (Wildman–Crippen LogP) is 3.21. The molecule has 1 rings (SSSR count). The fourth-order valence-corrected chi connectivity index (χ4v) is 2.57. The van der Waals surface area contributed by atoms with Crippen LogP contribution in [0.4, 0.5) is 8.78 Å². The molecule has 13 heavy (non-hydrogen) atoms. The first kappa shape index (κ1) is 11.1. The predicted molar refractivity (Wildman–Crippen MR) is 54.4 cm³/mol. The topological polar surface area (TPSA) is 3.24 Å². The molecule has 1 heterocycles. The quantitative estimate of drug-likeness (QED) is 0.812. The van der Waals surface area contributed by atoms with E-state index in [9.17, 15) is 8.78 Å². The summed E-state index contributed by atoms with van der Waals surface area (Å²) in [5, 5.41) is 0. The second kappa shape index (κ2) is 5.02. The lowest BCUT2D eigenvalue weighted by Gasteiger charge is -2.14. The first-order valence-corrected chi connectivity index (χ1v) is 5.40. The van der Waals surface area contributed by atoms with Crippen LogP contribution in [0.25, 0.3) is 0 Å². The zero-order valence-electron chi connectivity index (χ0n) is 7.14. The van der Waals surface area contributed by atoms with Crippen LogP contribution in [-0.2, 0) is 6.54 Å². The average Bonchev–Trinajstić information content (AvgIpc) is 2.33. The molecule has 0 aromatic carbocycles. The SMILES string of the molecule is CN(Cc1ccc(Br)s1)CC(F)F. The molecule has 0 aliphatic rings. The molecule has 0 saturated heterocycles. The van der Waals surface area contributed by atoms with Crippen molar-refractivity contribution in [3.05, 3.63) is 20.8 Å². The second-order valence-electron chi connectivity index (χ2n) is 2.79. The second-order valence-corrected chi connectivity index (χ2v) is 5.34. The molecule has 0 aliphatic heterocycles. The van der Waals surface area contributed by atoms with Crippen LogP contribution in [0.1, 0.15) is 4.88 Å². The molecule has 1 aromatic heterocycles. The molecule has 0 atom stereocenters. The van der Waals surface area contributed by atoms with E-state index in [1.807, 2.05) is 12.1 Å². The number of hydrogen-bond donors (Lipinski definition) is 0. The van der Waals surface area contributed by atoms with Crippen molar-refractivity contribution in [2.24, 2.45) is 0 Å². The molecule has 0 unspecified atom stereocenters. The van der Waals surface area contributed by atoms with Gasteiger partial charge >= 0.3 is 0 Å². The Kier molecular flexibility index (Phi) is 4.28. The minimum absolute atomic E-state index is 0.171. The Morgan fingerprint density at radius 2 is 2.23 bits per heavy atom. The third kappa shape index (κ3) is 4.15. The highest BCUT2D eigenvalue weighted by atomic mass is 79.9. The lowest BCUT2D eigenvalue weighted by atomic mass is 10.4. The van der Waals surface area contributed by atoms with Gasteiger partial charge < -0.3 is 0 Å². The first-order valence-electron chi connectivity index (χ1n) is 3.79. The van der Waals surface area contributed by atoms with Crippen molar-refractivity contribution in [3.8, 4) is 0 Å². The molecule has 0 N–H and O–H groups in total. The van der Waals surface area contributed by atoms with E-state index in [4.69, 9.17) is 0 Å². The van der Waals surface area contributed by atoms with Crippen molar-refractivity contribution in [2.45, 2.75) is 13.0 Å². The maximum Gasteiger partial charge on any atom is 0.251 e. The largest absolute Gasteiger partial charge is 0.296 e. The van der Waals surface area contributed by atoms with E-state index in [1.54, 1.807) is 23.3 Å². The molecule has 74 valence electrons.